The molecule has 0 saturated carbocycles. The third-order valence-corrected chi connectivity index (χ3v) is 7.54. The summed E-state index contributed by atoms with van der Waals surface area (Å²) in [5.74, 6) is -0.766. The third kappa shape index (κ3) is 4.51. The van der Waals surface area contributed by atoms with Crippen molar-refractivity contribution in [1.29, 1.82) is 0 Å². The quantitative estimate of drug-likeness (QED) is 0.586. The highest BCUT2D eigenvalue weighted by Crippen LogP contribution is 2.27. The summed E-state index contributed by atoms with van der Waals surface area (Å²) in [6.45, 7) is 3.12. The number of nitrogens with zero attached hydrogens (tertiary/aromatic N) is 4. The van der Waals surface area contributed by atoms with Gasteiger partial charge >= 0.3 is 0 Å². The van der Waals surface area contributed by atoms with Gasteiger partial charge in [-0.25, -0.2) is 17.5 Å². The van der Waals surface area contributed by atoms with E-state index in [1.165, 1.54) is 22.5 Å². The molecular weight excluding hydrogens is 433 g/mol. The highest BCUT2D eigenvalue weighted by Gasteiger charge is 2.37. The van der Waals surface area contributed by atoms with Crippen molar-refractivity contribution in [2.24, 2.45) is 0 Å². The number of hydrogen-bond donors (Lipinski definition) is 1. The van der Waals surface area contributed by atoms with E-state index in [4.69, 9.17) is 0 Å². The molecular formula is C22H26FN5O3S. The molecule has 32 heavy (non-hydrogen) atoms. The third-order valence-electron chi connectivity index (χ3n) is 5.64. The van der Waals surface area contributed by atoms with E-state index in [0.29, 0.717) is 30.5 Å². The highest BCUT2D eigenvalue weighted by atomic mass is 32.2. The maximum atomic E-state index is 13.4. The molecule has 2 aromatic carbocycles. The number of nitrogens with one attached hydrogen (secondary N) is 1. The van der Waals surface area contributed by atoms with Gasteiger partial charge in [-0.05, 0) is 55.2 Å². The lowest BCUT2D eigenvalue weighted by Crippen LogP contribution is -2.51. The number of fused-ring (bicyclic) bond motifs is 1. The predicted octanol–water partition coefficient (Wildman–Crippen LogP) is 2.84. The molecule has 1 aliphatic heterocycles. The minimum atomic E-state index is -3.90. The Morgan fingerprint density at radius 1 is 1.22 bits per heavy atom. The fraction of sp³-hybridized carbons (Fsp3) is 0.409. The van der Waals surface area contributed by atoms with Crippen LogP contribution in [0, 0.1) is 5.82 Å². The van der Waals surface area contributed by atoms with Crippen LogP contribution in [0.3, 0.4) is 0 Å². The zero-order chi connectivity index (χ0) is 22.7. The van der Waals surface area contributed by atoms with Gasteiger partial charge in [0.1, 0.15) is 17.4 Å². The number of carbonyl (C=O) groups is 1. The molecule has 1 atom stereocenters. The SMILES string of the molecule is CCCn1nnc2cc(S(=O)(=O)N3CCCCC3C(=O)NCc3cccc(F)c3)ccc21. The van der Waals surface area contributed by atoms with Crippen LogP contribution in [-0.2, 0) is 27.9 Å². The van der Waals surface area contributed by atoms with Gasteiger partial charge in [-0.15, -0.1) is 5.10 Å². The minimum absolute atomic E-state index is 0.0957. The van der Waals surface area contributed by atoms with Crippen molar-refractivity contribution >= 4 is 27.0 Å². The molecule has 0 bridgehead atoms. The first-order chi connectivity index (χ1) is 15.4. The Hall–Kier alpha value is -2.85. The van der Waals surface area contributed by atoms with Crippen LogP contribution in [0.15, 0.2) is 47.4 Å². The van der Waals surface area contributed by atoms with Gasteiger partial charge in [0.05, 0.1) is 10.4 Å². The van der Waals surface area contributed by atoms with Crippen molar-refractivity contribution < 1.29 is 17.6 Å². The number of rotatable bonds is 7. The molecule has 0 radical (unpaired) electrons. The number of piperidine rings is 1. The topological polar surface area (TPSA) is 97.2 Å². The normalized spacial score (nSPS) is 17.5. The van der Waals surface area contributed by atoms with Gasteiger partial charge in [-0.1, -0.05) is 30.7 Å². The van der Waals surface area contributed by atoms with Gasteiger partial charge in [0, 0.05) is 19.6 Å². The van der Waals surface area contributed by atoms with Crippen LogP contribution >= 0.6 is 0 Å². The Balaban J connectivity index is 1.55. The molecule has 1 saturated heterocycles. The largest absolute Gasteiger partial charge is 0.351 e. The van der Waals surface area contributed by atoms with Crippen LogP contribution in [0.4, 0.5) is 4.39 Å². The summed E-state index contributed by atoms with van der Waals surface area (Å²) in [7, 11) is -3.90. The van der Waals surface area contributed by atoms with E-state index < -0.39 is 16.1 Å². The van der Waals surface area contributed by atoms with Gasteiger partial charge in [0.15, 0.2) is 0 Å². The average molecular weight is 460 g/mol. The van der Waals surface area contributed by atoms with Crippen molar-refractivity contribution in [1.82, 2.24) is 24.6 Å². The number of amides is 1. The van der Waals surface area contributed by atoms with Gasteiger partial charge < -0.3 is 5.32 Å². The molecule has 10 heteroatoms. The number of hydrogen-bond acceptors (Lipinski definition) is 5. The monoisotopic (exact) mass is 459 g/mol. The minimum Gasteiger partial charge on any atom is -0.351 e. The van der Waals surface area contributed by atoms with E-state index in [0.717, 1.165) is 18.4 Å². The van der Waals surface area contributed by atoms with Crippen LogP contribution in [0.1, 0.15) is 38.2 Å². The summed E-state index contributed by atoms with van der Waals surface area (Å²) in [5, 5.41) is 11.0. The van der Waals surface area contributed by atoms with Crippen LogP contribution in [-0.4, -0.2) is 46.2 Å². The van der Waals surface area contributed by atoms with E-state index in [2.05, 4.69) is 15.6 Å². The van der Waals surface area contributed by atoms with Crippen molar-refractivity contribution in [2.75, 3.05) is 6.54 Å². The van der Waals surface area contributed by atoms with Crippen molar-refractivity contribution in [3.63, 3.8) is 0 Å². The van der Waals surface area contributed by atoms with Crippen molar-refractivity contribution in [3.05, 3.63) is 53.8 Å². The second-order valence-corrected chi connectivity index (χ2v) is 9.83. The van der Waals surface area contributed by atoms with E-state index in [1.54, 1.807) is 28.9 Å². The Morgan fingerprint density at radius 3 is 2.84 bits per heavy atom. The number of carbonyl (C=O) groups excluding carboxylic acids is 1. The Labute approximate surface area is 186 Å². The van der Waals surface area contributed by atoms with Crippen LogP contribution in [0.25, 0.3) is 11.0 Å². The van der Waals surface area contributed by atoms with Gasteiger partial charge in [-0.3, -0.25) is 4.79 Å². The fourth-order valence-corrected chi connectivity index (χ4v) is 5.71. The molecule has 0 aliphatic carbocycles. The standard InChI is InChI=1S/C22H26FN5O3S/c1-2-11-27-20-10-9-18(14-19(20)25-26-27)32(30,31)28-12-4-3-8-21(28)22(29)24-15-16-6-5-7-17(23)13-16/h5-7,9-10,13-14,21H,2-4,8,11-12,15H2,1H3,(H,24,29). The summed E-state index contributed by atoms with van der Waals surface area (Å²) in [4.78, 5) is 13.0. The second-order valence-electron chi connectivity index (χ2n) is 7.94. The number of benzene rings is 2. The molecule has 1 aromatic heterocycles. The first-order valence-corrected chi connectivity index (χ1v) is 12.2. The number of halogens is 1. The smallest absolute Gasteiger partial charge is 0.243 e. The maximum Gasteiger partial charge on any atom is 0.243 e. The lowest BCUT2D eigenvalue weighted by Gasteiger charge is -2.33. The summed E-state index contributed by atoms with van der Waals surface area (Å²) in [5.41, 5.74) is 1.89. The molecule has 1 fully saturated rings. The maximum absolute atomic E-state index is 13.4. The molecule has 2 heterocycles. The second kappa shape index (κ2) is 9.33. The summed E-state index contributed by atoms with van der Waals surface area (Å²) < 4.78 is 43.3. The van der Waals surface area contributed by atoms with Crippen LogP contribution < -0.4 is 5.32 Å². The molecule has 3 aromatic rings. The molecule has 1 amide bonds. The molecule has 170 valence electrons. The zero-order valence-electron chi connectivity index (χ0n) is 17.9. The highest BCUT2D eigenvalue weighted by molar-refractivity contribution is 7.89. The van der Waals surface area contributed by atoms with Crippen LogP contribution in [0.5, 0.6) is 0 Å². The molecule has 4 rings (SSSR count). The van der Waals surface area contributed by atoms with Crippen molar-refractivity contribution in [3.8, 4) is 0 Å². The van der Waals surface area contributed by atoms with Crippen LogP contribution in [0.2, 0.25) is 0 Å². The number of sulfonamides is 1. The first-order valence-electron chi connectivity index (χ1n) is 10.8. The molecule has 0 spiro atoms. The fourth-order valence-electron chi connectivity index (χ4n) is 4.03. The Bertz CT molecular complexity index is 1230. The van der Waals surface area contributed by atoms with E-state index in [9.17, 15) is 17.6 Å². The van der Waals surface area contributed by atoms with E-state index in [1.807, 2.05) is 6.92 Å². The summed E-state index contributed by atoms with van der Waals surface area (Å²) in [6, 6.07) is 9.91. The van der Waals surface area contributed by atoms with Gasteiger partial charge in [-0.2, -0.15) is 4.31 Å². The van der Waals surface area contributed by atoms with Gasteiger partial charge in [0.25, 0.3) is 0 Å². The van der Waals surface area contributed by atoms with Gasteiger partial charge in [0.2, 0.25) is 15.9 Å². The van der Waals surface area contributed by atoms with E-state index >= 15 is 0 Å². The predicted molar refractivity (Wildman–Crippen MR) is 118 cm³/mol. The lowest BCUT2D eigenvalue weighted by atomic mass is 10.0. The number of aryl methyl sites for hydroxylation is 1. The Kier molecular flexibility index (Phi) is 6.52. The zero-order valence-corrected chi connectivity index (χ0v) is 18.7. The number of aromatic nitrogens is 3. The Morgan fingerprint density at radius 2 is 2.06 bits per heavy atom. The van der Waals surface area contributed by atoms with E-state index in [-0.39, 0.29) is 29.7 Å². The van der Waals surface area contributed by atoms with Crippen molar-refractivity contribution in [2.45, 2.75) is 56.6 Å². The molecule has 1 unspecified atom stereocenters. The molecule has 1 aliphatic rings. The summed E-state index contributed by atoms with van der Waals surface area (Å²) in [6.07, 6.45) is 2.76. The first kappa shape index (κ1) is 22.3. The summed E-state index contributed by atoms with van der Waals surface area (Å²) >= 11 is 0. The molecule has 1 N–H and O–H groups in total. The molecule has 8 nitrogen and oxygen atoms in total. The average Bonchev–Trinajstić information content (AvgIpc) is 3.20. The lowest BCUT2D eigenvalue weighted by molar-refractivity contribution is -0.125.